The van der Waals surface area contributed by atoms with Gasteiger partial charge in [-0.2, -0.15) is 0 Å². The van der Waals surface area contributed by atoms with Gasteiger partial charge in [-0.25, -0.2) is 4.79 Å². The van der Waals surface area contributed by atoms with Crippen LogP contribution in [-0.2, 0) is 5.54 Å². The lowest BCUT2D eigenvalue weighted by Gasteiger charge is -2.58. The monoisotopic (exact) mass is 414 g/mol. The van der Waals surface area contributed by atoms with Crippen LogP contribution in [0, 0.1) is 0 Å². The summed E-state index contributed by atoms with van der Waals surface area (Å²) in [4.78, 5) is 29.3. The van der Waals surface area contributed by atoms with Crippen LogP contribution in [0.3, 0.4) is 0 Å². The lowest BCUT2D eigenvalue weighted by Crippen LogP contribution is -2.59. The van der Waals surface area contributed by atoms with Gasteiger partial charge in [0.2, 0.25) is 5.91 Å². The predicted molar refractivity (Wildman–Crippen MR) is 122 cm³/mol. The maximum atomic E-state index is 13.1. The van der Waals surface area contributed by atoms with Crippen molar-refractivity contribution in [1.82, 2.24) is 9.88 Å². The van der Waals surface area contributed by atoms with Crippen LogP contribution in [0.25, 0.3) is 10.9 Å². The molecule has 1 aromatic heterocycles. The Hall–Kier alpha value is -3.28. The van der Waals surface area contributed by atoms with Gasteiger partial charge >= 0.3 is 6.03 Å². The summed E-state index contributed by atoms with van der Waals surface area (Å²) in [5.41, 5.74) is 4.41. The van der Waals surface area contributed by atoms with Crippen molar-refractivity contribution in [3.63, 3.8) is 0 Å². The molecule has 1 aliphatic carbocycles. The molecule has 31 heavy (non-hydrogen) atoms. The van der Waals surface area contributed by atoms with Gasteiger partial charge in [-0.05, 0) is 49.9 Å². The summed E-state index contributed by atoms with van der Waals surface area (Å²) < 4.78 is 1.64. The van der Waals surface area contributed by atoms with E-state index in [0.717, 1.165) is 42.3 Å². The van der Waals surface area contributed by atoms with Gasteiger partial charge in [-0.3, -0.25) is 14.3 Å². The summed E-state index contributed by atoms with van der Waals surface area (Å²) in [5.74, 6) is -0.0306. The number of nitrogens with one attached hydrogen (secondary N) is 1. The van der Waals surface area contributed by atoms with Crippen molar-refractivity contribution in [2.45, 2.75) is 43.7 Å². The molecule has 6 nitrogen and oxygen atoms in total. The van der Waals surface area contributed by atoms with E-state index in [-0.39, 0.29) is 23.0 Å². The highest BCUT2D eigenvalue weighted by molar-refractivity contribution is 6.06. The Morgan fingerprint density at radius 2 is 1.71 bits per heavy atom. The van der Waals surface area contributed by atoms with Crippen molar-refractivity contribution in [3.8, 4) is 0 Å². The van der Waals surface area contributed by atoms with Gasteiger partial charge in [-0.1, -0.05) is 24.3 Å². The second-order valence-corrected chi connectivity index (χ2v) is 9.32. The number of carbonyl (C=O) groups excluding carboxylic acids is 2. The van der Waals surface area contributed by atoms with E-state index in [9.17, 15) is 9.59 Å². The Morgan fingerprint density at radius 3 is 2.48 bits per heavy atom. The third-order valence-electron chi connectivity index (χ3n) is 7.86. The van der Waals surface area contributed by atoms with Crippen LogP contribution in [0.5, 0.6) is 0 Å². The van der Waals surface area contributed by atoms with Crippen LogP contribution >= 0.6 is 0 Å². The molecule has 0 bridgehead atoms. The Balaban J connectivity index is 1.28. The maximum Gasteiger partial charge on any atom is 0.322 e. The van der Waals surface area contributed by atoms with E-state index in [2.05, 4.69) is 41.5 Å². The second kappa shape index (κ2) is 6.13. The summed E-state index contributed by atoms with van der Waals surface area (Å²) in [6.07, 6.45) is 5.78. The summed E-state index contributed by atoms with van der Waals surface area (Å²) in [6.45, 7) is 2.22. The van der Waals surface area contributed by atoms with Crippen molar-refractivity contribution < 1.29 is 9.59 Å². The molecule has 158 valence electrons. The minimum absolute atomic E-state index is 0.0306. The largest absolute Gasteiger partial charge is 0.364 e. The number of fused-ring (bicyclic) bond motifs is 3. The third kappa shape index (κ3) is 2.39. The number of amides is 2. The average molecular weight is 415 g/mol. The topological polar surface area (TPSA) is 57.6 Å². The first-order chi connectivity index (χ1) is 14.9. The SMILES string of the molecule is CC(=O)n1ccc2c(N3C[C@]4(CC[C@]5(CC4)c4ccccc4N5C)NC3=O)cccc21. The van der Waals surface area contributed by atoms with E-state index >= 15 is 0 Å². The van der Waals surface area contributed by atoms with Crippen molar-refractivity contribution in [3.05, 3.63) is 60.3 Å². The number of hydrogen-bond donors (Lipinski definition) is 1. The van der Waals surface area contributed by atoms with E-state index in [4.69, 9.17) is 0 Å². The van der Waals surface area contributed by atoms with Gasteiger partial charge in [0.25, 0.3) is 0 Å². The van der Waals surface area contributed by atoms with Crippen LogP contribution in [0.1, 0.15) is 43.0 Å². The van der Waals surface area contributed by atoms with Gasteiger partial charge in [-0.15, -0.1) is 0 Å². The van der Waals surface area contributed by atoms with Gasteiger partial charge in [0.15, 0.2) is 0 Å². The van der Waals surface area contributed by atoms with Crippen molar-refractivity contribution in [2.75, 3.05) is 23.4 Å². The Bertz CT molecular complexity index is 1240. The number of urea groups is 1. The van der Waals surface area contributed by atoms with Crippen LogP contribution in [0.2, 0.25) is 0 Å². The number of benzene rings is 2. The number of nitrogens with zero attached hydrogens (tertiary/aromatic N) is 3. The molecule has 2 spiro atoms. The summed E-state index contributed by atoms with van der Waals surface area (Å²) in [7, 11) is 2.19. The highest BCUT2D eigenvalue weighted by atomic mass is 16.2. The molecule has 0 unspecified atom stereocenters. The average Bonchev–Trinajstić information content (AvgIpc) is 3.35. The fourth-order valence-corrected chi connectivity index (χ4v) is 6.11. The van der Waals surface area contributed by atoms with E-state index in [0.29, 0.717) is 6.54 Å². The highest BCUT2D eigenvalue weighted by Gasteiger charge is 2.55. The van der Waals surface area contributed by atoms with Crippen LogP contribution < -0.4 is 15.1 Å². The summed E-state index contributed by atoms with van der Waals surface area (Å²) in [6, 6.07) is 16.4. The zero-order valence-corrected chi connectivity index (χ0v) is 17.9. The lowest BCUT2D eigenvalue weighted by atomic mass is 9.64. The highest BCUT2D eigenvalue weighted by Crippen LogP contribution is 2.56. The molecule has 2 amide bonds. The first-order valence-corrected chi connectivity index (χ1v) is 11.0. The minimum atomic E-state index is -0.195. The molecule has 1 saturated carbocycles. The van der Waals surface area contributed by atoms with Crippen molar-refractivity contribution in [2.24, 2.45) is 0 Å². The van der Waals surface area contributed by atoms with E-state index in [1.165, 1.54) is 11.3 Å². The van der Waals surface area contributed by atoms with Gasteiger partial charge in [0.1, 0.15) is 0 Å². The molecule has 2 fully saturated rings. The molecule has 3 heterocycles. The maximum absolute atomic E-state index is 13.1. The number of para-hydroxylation sites is 1. The van der Waals surface area contributed by atoms with Crippen LogP contribution in [0.15, 0.2) is 54.7 Å². The molecule has 1 saturated heterocycles. The first kappa shape index (κ1) is 18.5. The lowest BCUT2D eigenvalue weighted by molar-refractivity contribution is 0.0941. The molecule has 3 aromatic rings. The molecule has 6 rings (SSSR count). The van der Waals surface area contributed by atoms with Gasteiger partial charge < -0.3 is 10.2 Å². The zero-order valence-electron chi connectivity index (χ0n) is 17.9. The Labute approximate surface area is 181 Å². The summed E-state index contributed by atoms with van der Waals surface area (Å²) >= 11 is 0. The number of anilines is 2. The quantitative estimate of drug-likeness (QED) is 0.638. The molecule has 0 atom stereocenters. The smallest absolute Gasteiger partial charge is 0.322 e. The minimum Gasteiger partial charge on any atom is -0.364 e. The fourth-order valence-electron chi connectivity index (χ4n) is 6.11. The summed E-state index contributed by atoms with van der Waals surface area (Å²) in [5, 5.41) is 4.27. The standard InChI is InChI=1S/C25H26N4O2/c1-17(30)28-15-10-18-20(28)8-5-9-21(18)29-16-24(26-23(29)31)11-13-25(14-12-24)19-6-3-4-7-22(19)27(25)2/h3-10,15H,11-14,16H2,1-2H3,(H,26,31)/t24-,25+. The van der Waals surface area contributed by atoms with Gasteiger partial charge in [0, 0.05) is 36.8 Å². The number of rotatable bonds is 1. The zero-order chi connectivity index (χ0) is 21.4. The Morgan fingerprint density at radius 1 is 0.968 bits per heavy atom. The Kier molecular flexibility index (Phi) is 3.65. The molecule has 2 aliphatic heterocycles. The molecule has 1 N–H and O–H groups in total. The first-order valence-electron chi connectivity index (χ1n) is 11.0. The normalized spacial score (nSPS) is 27.0. The number of hydrogen-bond acceptors (Lipinski definition) is 3. The van der Waals surface area contributed by atoms with Crippen molar-refractivity contribution in [1.29, 1.82) is 0 Å². The number of aromatic nitrogens is 1. The third-order valence-corrected chi connectivity index (χ3v) is 7.86. The molecule has 6 heteroatoms. The van der Waals surface area contributed by atoms with Crippen molar-refractivity contribution >= 4 is 34.2 Å². The van der Waals surface area contributed by atoms with Gasteiger partial charge in [0.05, 0.1) is 28.8 Å². The molecule has 2 aromatic carbocycles. The molecular weight excluding hydrogens is 388 g/mol. The fraction of sp³-hybridized carbons (Fsp3) is 0.360. The predicted octanol–water partition coefficient (Wildman–Crippen LogP) is 4.49. The van der Waals surface area contributed by atoms with Crippen LogP contribution in [0.4, 0.5) is 16.2 Å². The van der Waals surface area contributed by atoms with E-state index in [1.54, 1.807) is 17.7 Å². The molecular formula is C25H26N4O2. The van der Waals surface area contributed by atoms with Crippen LogP contribution in [-0.4, -0.2) is 35.6 Å². The number of carbonyl (C=O) groups is 2. The van der Waals surface area contributed by atoms with E-state index < -0.39 is 0 Å². The molecule has 0 radical (unpaired) electrons. The molecule has 3 aliphatic rings. The second-order valence-electron chi connectivity index (χ2n) is 9.32. The van der Waals surface area contributed by atoms with E-state index in [1.807, 2.05) is 29.2 Å².